The number of anilines is 1. The second-order valence-corrected chi connectivity index (χ2v) is 10.4. The highest BCUT2D eigenvalue weighted by atomic mass is 32.2. The summed E-state index contributed by atoms with van der Waals surface area (Å²) >= 11 is 1.47. The molecule has 4 aromatic rings. The molecule has 14 heteroatoms. The van der Waals surface area contributed by atoms with Crippen LogP contribution in [0.25, 0.3) is 10.9 Å². The van der Waals surface area contributed by atoms with E-state index in [1.54, 1.807) is 18.5 Å². The number of hydrogen-bond donors (Lipinski definition) is 2. The number of halogens is 4. The average molecular weight is 562 g/mol. The lowest BCUT2D eigenvalue weighted by Gasteiger charge is -2.41. The molecule has 9 nitrogen and oxygen atoms in total. The minimum atomic E-state index is -5.08. The van der Waals surface area contributed by atoms with Crippen LogP contribution in [0, 0.1) is 11.2 Å². The predicted octanol–water partition coefficient (Wildman–Crippen LogP) is 4.45. The molecule has 1 fully saturated rings. The molecule has 0 amide bonds. The summed E-state index contributed by atoms with van der Waals surface area (Å²) in [5.74, 6) is -2.20. The van der Waals surface area contributed by atoms with Gasteiger partial charge >= 0.3 is 12.1 Å². The Balaban J connectivity index is 0.000000392. The van der Waals surface area contributed by atoms with Crippen molar-refractivity contribution in [2.75, 3.05) is 18.0 Å². The van der Waals surface area contributed by atoms with Gasteiger partial charge in [-0.25, -0.2) is 19.2 Å². The SMILES string of the molecule is N[C@@H]1c2ccnn2CC12CCN(c1cnc(Sc3ccnc4c(F)cccc34)cn1)CC2.O=C(O)C(F)(F)F. The first-order chi connectivity index (χ1) is 18.6. The van der Waals surface area contributed by atoms with Crippen LogP contribution in [0.3, 0.4) is 0 Å². The van der Waals surface area contributed by atoms with E-state index in [4.69, 9.17) is 15.6 Å². The summed E-state index contributed by atoms with van der Waals surface area (Å²) in [7, 11) is 0. The third-order valence-corrected chi connectivity index (χ3v) is 8.02. The van der Waals surface area contributed by atoms with Gasteiger partial charge in [0.15, 0.2) is 0 Å². The topological polar surface area (TPSA) is 123 Å². The van der Waals surface area contributed by atoms with Gasteiger partial charge in [0.05, 0.1) is 24.1 Å². The van der Waals surface area contributed by atoms with Gasteiger partial charge in [-0.2, -0.15) is 18.3 Å². The fourth-order valence-electron chi connectivity index (χ4n) is 4.94. The van der Waals surface area contributed by atoms with Crippen molar-refractivity contribution in [1.82, 2.24) is 24.7 Å². The lowest BCUT2D eigenvalue weighted by molar-refractivity contribution is -0.192. The first-order valence-electron chi connectivity index (χ1n) is 11.9. The summed E-state index contributed by atoms with van der Waals surface area (Å²) in [5, 5.41) is 13.1. The molecule has 1 aromatic carbocycles. The van der Waals surface area contributed by atoms with Gasteiger partial charge in [-0.05, 0) is 31.0 Å². The van der Waals surface area contributed by atoms with E-state index in [0.29, 0.717) is 5.52 Å². The number of carbonyl (C=O) groups is 1. The van der Waals surface area contributed by atoms with Crippen molar-refractivity contribution in [2.24, 2.45) is 11.1 Å². The highest BCUT2D eigenvalue weighted by molar-refractivity contribution is 7.99. The van der Waals surface area contributed by atoms with Crippen LogP contribution in [-0.4, -0.2) is 55.1 Å². The number of alkyl halides is 3. The van der Waals surface area contributed by atoms with E-state index >= 15 is 0 Å². The summed E-state index contributed by atoms with van der Waals surface area (Å²) < 4.78 is 47.8. The van der Waals surface area contributed by atoms with E-state index in [-0.39, 0.29) is 17.3 Å². The Labute approximate surface area is 224 Å². The zero-order chi connectivity index (χ0) is 27.8. The Morgan fingerprint density at radius 2 is 1.82 bits per heavy atom. The largest absolute Gasteiger partial charge is 0.490 e. The Hall–Kier alpha value is -3.78. The van der Waals surface area contributed by atoms with Gasteiger partial charge in [0.1, 0.15) is 22.2 Å². The summed E-state index contributed by atoms with van der Waals surface area (Å²) in [6, 6.07) is 8.95. The van der Waals surface area contributed by atoms with Crippen LogP contribution in [0.2, 0.25) is 0 Å². The molecule has 1 saturated heterocycles. The quantitative estimate of drug-likeness (QED) is 0.349. The number of rotatable bonds is 3. The van der Waals surface area contributed by atoms with Crippen molar-refractivity contribution in [1.29, 1.82) is 0 Å². The summed E-state index contributed by atoms with van der Waals surface area (Å²) in [4.78, 5) is 25.5. The number of carboxylic acids is 1. The summed E-state index contributed by atoms with van der Waals surface area (Å²) in [5.41, 5.74) is 8.19. The molecular formula is C25H23F4N7O2S. The highest BCUT2D eigenvalue weighted by Crippen LogP contribution is 2.47. The number of benzene rings is 1. The molecule has 204 valence electrons. The number of nitrogens with two attached hydrogens (primary N) is 1. The fourth-order valence-corrected chi connectivity index (χ4v) is 5.78. The minimum Gasteiger partial charge on any atom is -0.475 e. The lowest BCUT2D eigenvalue weighted by Crippen LogP contribution is -2.45. The molecule has 2 aliphatic heterocycles. The zero-order valence-corrected chi connectivity index (χ0v) is 21.2. The molecule has 6 rings (SSSR count). The van der Waals surface area contributed by atoms with Gasteiger partial charge in [0.25, 0.3) is 0 Å². The van der Waals surface area contributed by atoms with Crippen molar-refractivity contribution in [3.63, 3.8) is 0 Å². The molecule has 1 spiro atoms. The first-order valence-corrected chi connectivity index (χ1v) is 12.7. The number of para-hydroxylation sites is 1. The maximum Gasteiger partial charge on any atom is 0.490 e. The lowest BCUT2D eigenvalue weighted by atomic mass is 9.73. The van der Waals surface area contributed by atoms with E-state index < -0.39 is 12.1 Å². The minimum absolute atomic E-state index is 0.0389. The van der Waals surface area contributed by atoms with Crippen LogP contribution in [0.1, 0.15) is 24.6 Å². The number of piperidine rings is 1. The number of fused-ring (bicyclic) bond motifs is 2. The third kappa shape index (κ3) is 5.39. The van der Waals surface area contributed by atoms with Gasteiger partial charge in [-0.3, -0.25) is 9.67 Å². The molecular weight excluding hydrogens is 538 g/mol. The second-order valence-electron chi connectivity index (χ2n) is 9.30. The molecule has 3 aromatic heterocycles. The predicted molar refractivity (Wildman–Crippen MR) is 135 cm³/mol. The Bertz CT molecular complexity index is 1490. The average Bonchev–Trinajstić information content (AvgIpc) is 3.46. The Morgan fingerprint density at radius 3 is 2.46 bits per heavy atom. The van der Waals surface area contributed by atoms with Crippen LogP contribution >= 0.6 is 11.8 Å². The van der Waals surface area contributed by atoms with E-state index in [1.807, 2.05) is 30.6 Å². The molecule has 2 aliphatic rings. The van der Waals surface area contributed by atoms with Crippen molar-refractivity contribution >= 4 is 34.5 Å². The first kappa shape index (κ1) is 26.8. The summed E-state index contributed by atoms with van der Waals surface area (Å²) in [6.07, 6.45) is 3.99. The van der Waals surface area contributed by atoms with E-state index in [2.05, 4.69) is 29.6 Å². The van der Waals surface area contributed by atoms with E-state index in [9.17, 15) is 17.6 Å². The maximum absolute atomic E-state index is 14.0. The highest BCUT2D eigenvalue weighted by Gasteiger charge is 2.47. The maximum atomic E-state index is 14.0. The van der Waals surface area contributed by atoms with Gasteiger partial charge in [-0.1, -0.05) is 23.9 Å². The standard InChI is InChI=1S/C23H22FN7S.C2HF3O2/c24-16-3-1-2-15-18(5-8-26-21(15)16)32-20-13-27-19(12-28-20)30-10-6-23(7-11-30)14-31-17(22(23)25)4-9-29-31;3-2(4,5)1(6)7/h1-5,8-9,12-13,22H,6-7,10-11,14,25H2;(H,6,7)/t22-;/m1./s1. The van der Waals surface area contributed by atoms with Crippen LogP contribution in [0.15, 0.2) is 65.0 Å². The summed E-state index contributed by atoms with van der Waals surface area (Å²) in [6.45, 7) is 2.69. The number of aliphatic carboxylic acids is 1. The van der Waals surface area contributed by atoms with Gasteiger partial charge in [0, 0.05) is 47.7 Å². The molecule has 0 saturated carbocycles. The van der Waals surface area contributed by atoms with E-state index in [0.717, 1.165) is 59.3 Å². The number of aromatic nitrogens is 5. The van der Waals surface area contributed by atoms with E-state index in [1.165, 1.54) is 17.8 Å². The van der Waals surface area contributed by atoms with Gasteiger partial charge in [-0.15, -0.1) is 0 Å². The van der Waals surface area contributed by atoms with Crippen LogP contribution in [-0.2, 0) is 11.3 Å². The Morgan fingerprint density at radius 1 is 1.08 bits per heavy atom. The van der Waals surface area contributed by atoms with Crippen LogP contribution < -0.4 is 10.6 Å². The van der Waals surface area contributed by atoms with Crippen molar-refractivity contribution in [3.8, 4) is 0 Å². The normalized spacial score (nSPS) is 18.1. The molecule has 5 heterocycles. The monoisotopic (exact) mass is 561 g/mol. The van der Waals surface area contributed by atoms with Crippen LogP contribution in [0.5, 0.6) is 0 Å². The molecule has 3 N–H and O–H groups in total. The van der Waals surface area contributed by atoms with Crippen molar-refractivity contribution < 1.29 is 27.5 Å². The molecule has 39 heavy (non-hydrogen) atoms. The number of pyridine rings is 1. The second kappa shape index (κ2) is 10.4. The smallest absolute Gasteiger partial charge is 0.475 e. The van der Waals surface area contributed by atoms with Gasteiger partial charge < -0.3 is 15.7 Å². The Kier molecular flexibility index (Phi) is 7.16. The fraction of sp³-hybridized carbons (Fsp3) is 0.320. The molecule has 0 bridgehead atoms. The number of carboxylic acid groups (broad SMARTS) is 1. The third-order valence-electron chi connectivity index (χ3n) is 7.03. The van der Waals surface area contributed by atoms with Gasteiger partial charge in [0.2, 0.25) is 0 Å². The molecule has 0 unspecified atom stereocenters. The molecule has 0 radical (unpaired) electrons. The van der Waals surface area contributed by atoms with Crippen LogP contribution in [0.4, 0.5) is 23.4 Å². The number of hydrogen-bond acceptors (Lipinski definition) is 8. The molecule has 1 atom stereocenters. The van der Waals surface area contributed by atoms with Crippen molar-refractivity contribution in [3.05, 3.63) is 66.6 Å². The number of nitrogens with zero attached hydrogens (tertiary/aromatic N) is 6. The van der Waals surface area contributed by atoms with Crippen molar-refractivity contribution in [2.45, 2.75) is 41.5 Å². The molecule has 0 aliphatic carbocycles. The zero-order valence-electron chi connectivity index (χ0n) is 20.3.